The molecule has 1 aromatic heterocycles. The van der Waals surface area contributed by atoms with E-state index in [1.807, 2.05) is 24.3 Å². The topological polar surface area (TPSA) is 116 Å². The lowest BCUT2D eigenvalue weighted by Crippen LogP contribution is -2.46. The molecule has 1 aromatic carbocycles. The molecule has 0 spiro atoms. The molecule has 0 unspecified atom stereocenters. The highest BCUT2D eigenvalue weighted by Crippen LogP contribution is 2.34. The third kappa shape index (κ3) is 5.20. The van der Waals surface area contributed by atoms with Crippen LogP contribution in [0.2, 0.25) is 0 Å². The molecule has 3 aliphatic heterocycles. The molecular formula is C24H35N7O2. The summed E-state index contributed by atoms with van der Waals surface area (Å²) in [5.74, 6) is 2.20. The number of aromatic amines is 1. The first-order valence-electron chi connectivity index (χ1n) is 12.3. The molecule has 178 valence electrons. The number of carbonyl (C=O) groups is 1. The Labute approximate surface area is 194 Å². The van der Waals surface area contributed by atoms with E-state index in [-0.39, 0.29) is 17.5 Å². The van der Waals surface area contributed by atoms with E-state index in [1.165, 1.54) is 0 Å². The molecule has 3 saturated heterocycles. The number of piperidine rings is 2. The number of nitrogens with zero attached hydrogens (tertiary/aromatic N) is 2. The molecule has 0 radical (unpaired) electrons. The molecule has 1 amide bonds. The van der Waals surface area contributed by atoms with Crippen molar-refractivity contribution < 1.29 is 9.53 Å². The zero-order valence-corrected chi connectivity index (χ0v) is 19.2. The fourth-order valence-electron chi connectivity index (χ4n) is 5.16. The molecule has 9 heteroatoms. The number of amides is 1. The van der Waals surface area contributed by atoms with Gasteiger partial charge in [-0.05, 0) is 82.9 Å². The van der Waals surface area contributed by atoms with E-state index in [4.69, 9.17) is 9.72 Å². The van der Waals surface area contributed by atoms with Crippen LogP contribution in [-0.2, 0) is 10.3 Å². The Balaban J connectivity index is 1.33. The number of nitrogens with one attached hydrogen (secondary N) is 5. The Morgan fingerprint density at radius 3 is 2.70 bits per heavy atom. The maximum absolute atomic E-state index is 12.8. The summed E-state index contributed by atoms with van der Waals surface area (Å²) in [5, 5.41) is 21.6. The first-order valence-corrected chi connectivity index (χ1v) is 12.3. The van der Waals surface area contributed by atoms with Gasteiger partial charge >= 0.3 is 0 Å². The van der Waals surface area contributed by atoms with Gasteiger partial charge in [0.1, 0.15) is 11.4 Å². The average molecular weight is 454 g/mol. The Kier molecular flexibility index (Phi) is 6.89. The molecule has 9 nitrogen and oxygen atoms in total. The molecule has 0 aliphatic carbocycles. The van der Waals surface area contributed by atoms with E-state index in [2.05, 4.69) is 31.5 Å². The van der Waals surface area contributed by atoms with Crippen LogP contribution in [-0.4, -0.2) is 66.5 Å². The average Bonchev–Trinajstić information content (AvgIpc) is 3.37. The highest BCUT2D eigenvalue weighted by molar-refractivity contribution is 5.95. The molecule has 0 saturated carbocycles. The van der Waals surface area contributed by atoms with Crippen LogP contribution in [0.15, 0.2) is 24.3 Å². The summed E-state index contributed by atoms with van der Waals surface area (Å²) < 4.78 is 5.50. The van der Waals surface area contributed by atoms with Gasteiger partial charge in [-0.3, -0.25) is 9.89 Å². The first kappa shape index (κ1) is 22.3. The molecule has 0 bridgehead atoms. The van der Waals surface area contributed by atoms with Crippen LogP contribution in [0.5, 0.6) is 0 Å². The maximum atomic E-state index is 12.8. The minimum atomic E-state index is -0.362. The number of hydrogen-bond donors (Lipinski definition) is 5. The smallest absolute Gasteiger partial charge is 0.251 e. The summed E-state index contributed by atoms with van der Waals surface area (Å²) in [7, 11) is 0. The van der Waals surface area contributed by atoms with Gasteiger partial charge in [0.05, 0.1) is 12.6 Å². The second-order valence-electron chi connectivity index (χ2n) is 9.49. The lowest BCUT2D eigenvalue weighted by Gasteiger charge is -2.37. The Morgan fingerprint density at radius 2 is 1.91 bits per heavy atom. The number of hydrogen-bond acceptors (Lipinski definition) is 7. The number of carbonyl (C=O) groups excluding carboxylic acids is 1. The van der Waals surface area contributed by atoms with E-state index in [1.54, 1.807) is 0 Å². The standard InChI is InChI=1S/C24H35N7O2/c32-22(27-20-5-2-14-33-16-20)18-3-1-4-19(15-18)29-24(8-12-26-13-9-24)23-28-21(30-31-23)17-6-10-25-11-7-17/h1,3-4,15,17,20,25-26,29H,2,5-14,16H2,(H,27,32)(H,28,30,31)/t20-/m1/s1. The predicted octanol–water partition coefficient (Wildman–Crippen LogP) is 1.87. The Morgan fingerprint density at radius 1 is 1.09 bits per heavy atom. The third-order valence-corrected chi connectivity index (χ3v) is 7.12. The summed E-state index contributed by atoms with van der Waals surface area (Å²) in [6.45, 7) is 5.21. The summed E-state index contributed by atoms with van der Waals surface area (Å²) in [6.07, 6.45) is 5.88. The van der Waals surface area contributed by atoms with Crippen molar-refractivity contribution in [3.63, 3.8) is 0 Å². The van der Waals surface area contributed by atoms with Crippen molar-refractivity contribution in [2.75, 3.05) is 44.7 Å². The molecule has 5 N–H and O–H groups in total. The summed E-state index contributed by atoms with van der Waals surface area (Å²) in [6, 6.07) is 7.83. The summed E-state index contributed by atoms with van der Waals surface area (Å²) in [5.41, 5.74) is 1.21. The van der Waals surface area contributed by atoms with Crippen LogP contribution in [0.1, 0.15) is 66.4 Å². The monoisotopic (exact) mass is 453 g/mol. The van der Waals surface area contributed by atoms with Crippen LogP contribution in [0.4, 0.5) is 5.69 Å². The van der Waals surface area contributed by atoms with Crippen molar-refractivity contribution in [2.45, 2.75) is 56.0 Å². The number of H-pyrrole nitrogens is 1. The van der Waals surface area contributed by atoms with E-state index < -0.39 is 0 Å². The Hall–Kier alpha value is -2.49. The zero-order chi connectivity index (χ0) is 22.5. The third-order valence-electron chi connectivity index (χ3n) is 7.12. The summed E-state index contributed by atoms with van der Waals surface area (Å²) in [4.78, 5) is 17.8. The van der Waals surface area contributed by atoms with Gasteiger partial charge in [-0.2, -0.15) is 5.10 Å². The number of anilines is 1. The van der Waals surface area contributed by atoms with E-state index in [0.717, 1.165) is 88.6 Å². The van der Waals surface area contributed by atoms with Gasteiger partial charge < -0.3 is 26.0 Å². The molecular weight excluding hydrogens is 418 g/mol. The van der Waals surface area contributed by atoms with Gasteiger partial charge in [0.25, 0.3) is 5.91 Å². The summed E-state index contributed by atoms with van der Waals surface area (Å²) >= 11 is 0. The van der Waals surface area contributed by atoms with Crippen LogP contribution in [0.25, 0.3) is 0 Å². The quantitative estimate of drug-likeness (QED) is 0.453. The predicted molar refractivity (Wildman–Crippen MR) is 126 cm³/mol. The zero-order valence-electron chi connectivity index (χ0n) is 19.2. The number of rotatable bonds is 6. The fraction of sp³-hybridized carbons (Fsp3) is 0.625. The molecule has 3 aliphatic rings. The van der Waals surface area contributed by atoms with Gasteiger partial charge in [-0.1, -0.05) is 6.07 Å². The van der Waals surface area contributed by atoms with Gasteiger partial charge in [-0.15, -0.1) is 0 Å². The first-order chi connectivity index (χ1) is 16.2. The van der Waals surface area contributed by atoms with Gasteiger partial charge in [0, 0.05) is 23.8 Å². The molecule has 4 heterocycles. The fourth-order valence-corrected chi connectivity index (χ4v) is 5.16. The molecule has 33 heavy (non-hydrogen) atoms. The molecule has 2 aromatic rings. The lowest BCUT2D eigenvalue weighted by molar-refractivity contribution is 0.0624. The van der Waals surface area contributed by atoms with Crippen molar-refractivity contribution in [3.8, 4) is 0 Å². The Bertz CT molecular complexity index is 928. The van der Waals surface area contributed by atoms with Crippen molar-refractivity contribution in [3.05, 3.63) is 41.5 Å². The van der Waals surface area contributed by atoms with Gasteiger partial charge in [-0.25, -0.2) is 4.98 Å². The van der Waals surface area contributed by atoms with Crippen molar-refractivity contribution >= 4 is 11.6 Å². The maximum Gasteiger partial charge on any atom is 0.251 e. The van der Waals surface area contributed by atoms with Crippen LogP contribution in [0, 0.1) is 0 Å². The SMILES string of the molecule is O=C(N[C@@H]1CCCOC1)c1cccc(NC2(c3n[nH]c(C4CCNCC4)n3)CCNCC2)c1. The normalized spacial score (nSPS) is 23.7. The second kappa shape index (κ2) is 10.2. The highest BCUT2D eigenvalue weighted by atomic mass is 16.5. The van der Waals surface area contributed by atoms with Gasteiger partial charge in [0.2, 0.25) is 0 Å². The minimum absolute atomic E-state index is 0.0559. The van der Waals surface area contributed by atoms with E-state index in [0.29, 0.717) is 18.1 Å². The van der Waals surface area contributed by atoms with E-state index >= 15 is 0 Å². The molecule has 1 atom stereocenters. The van der Waals surface area contributed by atoms with Crippen molar-refractivity contribution in [1.82, 2.24) is 31.1 Å². The van der Waals surface area contributed by atoms with Crippen LogP contribution >= 0.6 is 0 Å². The number of ether oxygens (including phenoxy) is 1. The van der Waals surface area contributed by atoms with Crippen molar-refractivity contribution in [1.29, 1.82) is 0 Å². The van der Waals surface area contributed by atoms with Crippen molar-refractivity contribution in [2.24, 2.45) is 0 Å². The molecule has 3 fully saturated rings. The lowest BCUT2D eigenvalue weighted by atomic mass is 9.87. The molecule has 5 rings (SSSR count). The van der Waals surface area contributed by atoms with Crippen LogP contribution < -0.4 is 21.3 Å². The number of benzene rings is 1. The minimum Gasteiger partial charge on any atom is -0.379 e. The van der Waals surface area contributed by atoms with Crippen LogP contribution in [0.3, 0.4) is 0 Å². The van der Waals surface area contributed by atoms with Gasteiger partial charge in [0.15, 0.2) is 5.82 Å². The largest absolute Gasteiger partial charge is 0.379 e. The number of aromatic nitrogens is 3. The van der Waals surface area contributed by atoms with E-state index in [9.17, 15) is 4.79 Å². The highest BCUT2D eigenvalue weighted by Gasteiger charge is 2.38. The second-order valence-corrected chi connectivity index (χ2v) is 9.49.